The Morgan fingerprint density at radius 3 is 2.33 bits per heavy atom. The van der Waals surface area contributed by atoms with E-state index in [1.807, 2.05) is 12.1 Å². The Bertz CT molecular complexity index is 469. The maximum atomic E-state index is 6.40. The first-order valence-electron chi connectivity index (χ1n) is 7.63. The molecule has 1 unspecified atom stereocenters. The number of nitrogens with zero attached hydrogens (tertiary/aromatic N) is 1. The number of likely N-dealkylation sites (tertiary alicyclic amines) is 1. The molecule has 3 N–H and O–H groups in total. The van der Waals surface area contributed by atoms with Crippen molar-refractivity contribution in [3.05, 3.63) is 33.8 Å². The van der Waals surface area contributed by atoms with Gasteiger partial charge in [-0.2, -0.15) is 0 Å². The van der Waals surface area contributed by atoms with Gasteiger partial charge < -0.3 is 0 Å². The summed E-state index contributed by atoms with van der Waals surface area (Å²) in [6.07, 6.45) is 5.10. The van der Waals surface area contributed by atoms with Gasteiger partial charge >= 0.3 is 0 Å². The van der Waals surface area contributed by atoms with Crippen molar-refractivity contribution in [2.45, 2.75) is 51.1 Å². The zero-order chi connectivity index (χ0) is 15.5. The van der Waals surface area contributed by atoms with E-state index in [1.54, 1.807) is 6.07 Å². The van der Waals surface area contributed by atoms with Gasteiger partial charge in [0.1, 0.15) is 0 Å². The minimum Gasteiger partial charge on any atom is -0.296 e. The summed E-state index contributed by atoms with van der Waals surface area (Å²) in [4.78, 5) is 2.52. The minimum atomic E-state index is -0.132. The molecule has 1 aromatic rings. The van der Waals surface area contributed by atoms with Gasteiger partial charge in [0, 0.05) is 5.54 Å². The molecule has 118 valence electrons. The second-order valence-corrected chi connectivity index (χ2v) is 7.08. The van der Waals surface area contributed by atoms with Crippen LogP contribution in [0.15, 0.2) is 18.2 Å². The van der Waals surface area contributed by atoms with Crippen LogP contribution in [0, 0.1) is 0 Å². The van der Waals surface area contributed by atoms with E-state index < -0.39 is 0 Å². The fraction of sp³-hybridized carbons (Fsp3) is 0.625. The van der Waals surface area contributed by atoms with Crippen molar-refractivity contribution in [3.8, 4) is 0 Å². The van der Waals surface area contributed by atoms with Gasteiger partial charge in [-0.3, -0.25) is 16.2 Å². The third-order valence-corrected chi connectivity index (χ3v) is 5.42. The van der Waals surface area contributed by atoms with Gasteiger partial charge in [-0.05, 0) is 51.4 Å². The quantitative estimate of drug-likeness (QED) is 0.644. The molecule has 0 spiro atoms. The van der Waals surface area contributed by atoms with Crippen LogP contribution in [0.5, 0.6) is 0 Å². The van der Waals surface area contributed by atoms with Gasteiger partial charge in [0.25, 0.3) is 0 Å². The van der Waals surface area contributed by atoms with Crippen molar-refractivity contribution < 1.29 is 0 Å². The van der Waals surface area contributed by atoms with Gasteiger partial charge in [0.15, 0.2) is 0 Å². The molecule has 0 aliphatic carbocycles. The predicted octanol–water partition coefficient (Wildman–Crippen LogP) is 4.15. The summed E-state index contributed by atoms with van der Waals surface area (Å²) in [6, 6.07) is 5.66. The Hall–Kier alpha value is -0.320. The van der Waals surface area contributed by atoms with Crippen molar-refractivity contribution in [1.82, 2.24) is 10.3 Å². The van der Waals surface area contributed by atoms with Gasteiger partial charge in [-0.15, -0.1) is 0 Å². The average Bonchev–Trinajstić information content (AvgIpc) is 2.73. The van der Waals surface area contributed by atoms with Gasteiger partial charge in [-0.25, -0.2) is 0 Å². The summed E-state index contributed by atoms with van der Waals surface area (Å²) >= 11 is 12.6. The van der Waals surface area contributed by atoms with E-state index in [2.05, 4.69) is 24.2 Å². The van der Waals surface area contributed by atoms with E-state index in [0.29, 0.717) is 10.0 Å². The summed E-state index contributed by atoms with van der Waals surface area (Å²) in [5.74, 6) is 5.88. The number of halogens is 2. The van der Waals surface area contributed by atoms with Crippen LogP contribution in [-0.2, 0) is 0 Å². The van der Waals surface area contributed by atoms with Crippen molar-refractivity contribution in [1.29, 1.82) is 0 Å². The normalized spacial score (nSPS) is 19.3. The first-order valence-corrected chi connectivity index (χ1v) is 8.39. The highest BCUT2D eigenvalue weighted by atomic mass is 35.5. The van der Waals surface area contributed by atoms with E-state index in [0.717, 1.165) is 18.7 Å². The first kappa shape index (κ1) is 17.0. The van der Waals surface area contributed by atoms with E-state index in [-0.39, 0.29) is 11.6 Å². The van der Waals surface area contributed by atoms with Crippen LogP contribution in [0.3, 0.4) is 0 Å². The maximum absolute atomic E-state index is 6.40. The largest absolute Gasteiger partial charge is 0.296 e. The lowest BCUT2D eigenvalue weighted by atomic mass is 9.87. The molecule has 0 aromatic heterocycles. The molecule has 5 heteroatoms. The summed E-state index contributed by atoms with van der Waals surface area (Å²) in [5, 5.41) is 1.16. The molecule has 1 saturated heterocycles. The number of hydrogen-bond donors (Lipinski definition) is 2. The fourth-order valence-electron chi connectivity index (χ4n) is 3.25. The molecule has 0 saturated carbocycles. The van der Waals surface area contributed by atoms with E-state index in [4.69, 9.17) is 29.0 Å². The molecule has 1 aliphatic heterocycles. The van der Waals surface area contributed by atoms with E-state index in [9.17, 15) is 0 Å². The number of hydrazine groups is 1. The van der Waals surface area contributed by atoms with Gasteiger partial charge in [0.05, 0.1) is 16.1 Å². The third kappa shape index (κ3) is 3.72. The molecule has 0 bridgehead atoms. The average molecular weight is 330 g/mol. The topological polar surface area (TPSA) is 41.3 Å². The van der Waals surface area contributed by atoms with Crippen molar-refractivity contribution in [2.24, 2.45) is 5.84 Å². The predicted molar refractivity (Wildman–Crippen MR) is 90.6 cm³/mol. The molecular formula is C16H25Cl2N3. The lowest BCUT2D eigenvalue weighted by Gasteiger charge is -2.44. The van der Waals surface area contributed by atoms with E-state index >= 15 is 0 Å². The molecular weight excluding hydrogens is 305 g/mol. The van der Waals surface area contributed by atoms with Crippen LogP contribution in [0.2, 0.25) is 10.0 Å². The minimum absolute atomic E-state index is 0.0678. The molecule has 21 heavy (non-hydrogen) atoms. The van der Waals surface area contributed by atoms with Crippen molar-refractivity contribution in [2.75, 3.05) is 13.1 Å². The summed E-state index contributed by atoms with van der Waals surface area (Å²) in [7, 11) is 0. The second-order valence-electron chi connectivity index (χ2n) is 6.30. The van der Waals surface area contributed by atoms with Gasteiger partial charge in [0.2, 0.25) is 0 Å². The Balaban J connectivity index is 2.31. The molecule has 3 nitrogen and oxygen atoms in total. The SMILES string of the molecule is CC(C)(C(NN)c1cccc(Cl)c1Cl)N1CCCCCC1. The van der Waals surface area contributed by atoms with Crippen LogP contribution in [0.4, 0.5) is 0 Å². The van der Waals surface area contributed by atoms with Crippen LogP contribution < -0.4 is 11.3 Å². The zero-order valence-electron chi connectivity index (χ0n) is 12.8. The molecule has 1 fully saturated rings. The van der Waals surface area contributed by atoms with E-state index in [1.165, 1.54) is 25.7 Å². The second kappa shape index (κ2) is 7.30. The Morgan fingerprint density at radius 1 is 1.14 bits per heavy atom. The van der Waals surface area contributed by atoms with Gasteiger partial charge in [-0.1, -0.05) is 48.2 Å². The number of benzene rings is 1. The highest BCUT2D eigenvalue weighted by Gasteiger charge is 2.37. The smallest absolute Gasteiger partial charge is 0.0653 e. The molecule has 2 rings (SSSR count). The standard InChI is InChI=1S/C16H25Cl2N3/c1-16(2,21-10-5-3-4-6-11-21)15(20-19)12-8-7-9-13(17)14(12)18/h7-9,15,20H,3-6,10-11,19H2,1-2H3. The van der Waals surface area contributed by atoms with Crippen molar-refractivity contribution >= 4 is 23.2 Å². The summed E-state index contributed by atoms with van der Waals surface area (Å²) < 4.78 is 0. The summed E-state index contributed by atoms with van der Waals surface area (Å²) in [6.45, 7) is 6.65. The summed E-state index contributed by atoms with van der Waals surface area (Å²) in [5.41, 5.74) is 3.79. The molecule has 0 radical (unpaired) electrons. The molecule has 1 aromatic carbocycles. The highest BCUT2D eigenvalue weighted by Crippen LogP contribution is 2.37. The van der Waals surface area contributed by atoms with Crippen LogP contribution in [-0.4, -0.2) is 23.5 Å². The maximum Gasteiger partial charge on any atom is 0.0653 e. The van der Waals surface area contributed by atoms with Crippen LogP contribution in [0.1, 0.15) is 51.1 Å². The number of rotatable bonds is 4. The monoisotopic (exact) mass is 329 g/mol. The molecule has 1 atom stereocenters. The Labute approximate surface area is 137 Å². The Morgan fingerprint density at radius 2 is 1.76 bits per heavy atom. The highest BCUT2D eigenvalue weighted by molar-refractivity contribution is 6.42. The van der Waals surface area contributed by atoms with Crippen LogP contribution in [0.25, 0.3) is 0 Å². The number of nitrogens with one attached hydrogen (secondary N) is 1. The number of hydrogen-bond acceptors (Lipinski definition) is 3. The Kier molecular flexibility index (Phi) is 5.92. The fourth-order valence-corrected chi connectivity index (χ4v) is 3.66. The molecule has 0 amide bonds. The lowest BCUT2D eigenvalue weighted by molar-refractivity contribution is 0.0835. The third-order valence-electron chi connectivity index (χ3n) is 4.59. The lowest BCUT2D eigenvalue weighted by Crippen LogP contribution is -2.54. The van der Waals surface area contributed by atoms with Crippen molar-refractivity contribution in [3.63, 3.8) is 0 Å². The zero-order valence-corrected chi connectivity index (χ0v) is 14.3. The molecule has 1 heterocycles. The van der Waals surface area contributed by atoms with Crippen LogP contribution >= 0.6 is 23.2 Å². The number of nitrogens with two attached hydrogens (primary N) is 1. The first-order chi connectivity index (χ1) is 9.98. The molecule has 1 aliphatic rings.